The Hall–Kier alpha value is -1.20. The molecule has 1 aliphatic carbocycles. The Balaban J connectivity index is 0.00000180. The van der Waals surface area contributed by atoms with Gasteiger partial charge in [0, 0.05) is 17.7 Å². The van der Waals surface area contributed by atoms with Gasteiger partial charge in [0.2, 0.25) is 0 Å². The number of benzene rings is 1. The minimum atomic E-state index is -0.748. The molecular formula is C13H17ClF2N2O. The van der Waals surface area contributed by atoms with Crippen LogP contribution in [0.3, 0.4) is 0 Å². The van der Waals surface area contributed by atoms with Crippen LogP contribution in [0.4, 0.5) is 8.78 Å². The average molecular weight is 291 g/mol. The third kappa shape index (κ3) is 3.88. The van der Waals surface area contributed by atoms with Gasteiger partial charge in [-0.3, -0.25) is 4.79 Å². The zero-order valence-corrected chi connectivity index (χ0v) is 11.2. The monoisotopic (exact) mass is 290 g/mol. The van der Waals surface area contributed by atoms with Crippen LogP contribution < -0.4 is 11.1 Å². The van der Waals surface area contributed by atoms with E-state index in [1.165, 1.54) is 0 Å². The van der Waals surface area contributed by atoms with E-state index in [0.717, 1.165) is 37.5 Å². The standard InChI is InChI=1S/C13H16F2N2O.ClH/c14-10-4-9(5-11(15)6-10)13(18)17-12-3-1-2-8(12)7-16;/h4-6,8,12H,1-3,7,16H2,(H,17,18);1H. The lowest BCUT2D eigenvalue weighted by Gasteiger charge is -2.19. The fraction of sp³-hybridized carbons (Fsp3) is 0.462. The first-order valence-corrected chi connectivity index (χ1v) is 6.07. The molecule has 0 aliphatic heterocycles. The molecule has 0 saturated heterocycles. The average Bonchev–Trinajstić information content (AvgIpc) is 2.75. The first-order chi connectivity index (χ1) is 8.60. The molecule has 2 unspecified atom stereocenters. The summed E-state index contributed by atoms with van der Waals surface area (Å²) in [6, 6.07) is 2.82. The molecule has 2 atom stereocenters. The second-order valence-electron chi connectivity index (χ2n) is 4.66. The molecule has 0 radical (unpaired) electrons. The Morgan fingerprint density at radius 1 is 1.26 bits per heavy atom. The number of hydrogen-bond acceptors (Lipinski definition) is 2. The second kappa shape index (κ2) is 6.82. The van der Waals surface area contributed by atoms with E-state index in [4.69, 9.17) is 5.73 Å². The normalized spacial score (nSPS) is 21.8. The maximum absolute atomic E-state index is 13.0. The van der Waals surface area contributed by atoms with Gasteiger partial charge in [-0.2, -0.15) is 0 Å². The van der Waals surface area contributed by atoms with E-state index in [1.54, 1.807) is 0 Å². The molecule has 0 aromatic heterocycles. The van der Waals surface area contributed by atoms with Gasteiger partial charge in [0.15, 0.2) is 0 Å². The fourth-order valence-electron chi connectivity index (χ4n) is 2.45. The maximum Gasteiger partial charge on any atom is 0.251 e. The van der Waals surface area contributed by atoms with Gasteiger partial charge in [-0.1, -0.05) is 6.42 Å². The molecule has 0 spiro atoms. The second-order valence-corrected chi connectivity index (χ2v) is 4.66. The summed E-state index contributed by atoms with van der Waals surface area (Å²) in [6.07, 6.45) is 2.87. The van der Waals surface area contributed by atoms with E-state index in [9.17, 15) is 13.6 Å². The molecule has 6 heteroatoms. The summed E-state index contributed by atoms with van der Waals surface area (Å²) in [5, 5.41) is 2.80. The number of rotatable bonds is 3. The first-order valence-electron chi connectivity index (χ1n) is 6.07. The Morgan fingerprint density at radius 2 is 1.89 bits per heavy atom. The largest absolute Gasteiger partial charge is 0.349 e. The number of halogens is 3. The van der Waals surface area contributed by atoms with Crippen molar-refractivity contribution in [3.63, 3.8) is 0 Å². The summed E-state index contributed by atoms with van der Waals surface area (Å²) in [7, 11) is 0. The van der Waals surface area contributed by atoms with Crippen molar-refractivity contribution in [2.24, 2.45) is 11.7 Å². The molecular weight excluding hydrogens is 274 g/mol. The van der Waals surface area contributed by atoms with E-state index in [1.807, 2.05) is 0 Å². The third-order valence-electron chi connectivity index (χ3n) is 3.40. The van der Waals surface area contributed by atoms with Crippen LogP contribution in [-0.2, 0) is 0 Å². The van der Waals surface area contributed by atoms with Crippen LogP contribution in [0.1, 0.15) is 29.6 Å². The van der Waals surface area contributed by atoms with Crippen LogP contribution in [-0.4, -0.2) is 18.5 Å². The van der Waals surface area contributed by atoms with Gasteiger partial charge in [-0.15, -0.1) is 12.4 Å². The zero-order valence-electron chi connectivity index (χ0n) is 10.4. The molecule has 1 fully saturated rings. The quantitative estimate of drug-likeness (QED) is 0.897. The Kier molecular flexibility index (Phi) is 5.69. The Bertz CT molecular complexity index is 436. The van der Waals surface area contributed by atoms with Crippen molar-refractivity contribution in [1.82, 2.24) is 5.32 Å². The number of nitrogens with two attached hydrogens (primary N) is 1. The van der Waals surface area contributed by atoms with E-state index in [0.29, 0.717) is 6.54 Å². The van der Waals surface area contributed by atoms with Crippen molar-refractivity contribution >= 4 is 18.3 Å². The maximum atomic E-state index is 13.0. The molecule has 0 heterocycles. The van der Waals surface area contributed by atoms with Gasteiger partial charge >= 0.3 is 0 Å². The molecule has 1 amide bonds. The van der Waals surface area contributed by atoms with Crippen LogP contribution >= 0.6 is 12.4 Å². The van der Waals surface area contributed by atoms with Crippen molar-refractivity contribution in [3.8, 4) is 0 Å². The molecule has 1 aliphatic rings. The van der Waals surface area contributed by atoms with Crippen LogP contribution in [0.2, 0.25) is 0 Å². The summed E-state index contributed by atoms with van der Waals surface area (Å²) in [5.74, 6) is -1.69. The van der Waals surface area contributed by atoms with Gasteiger partial charge in [0.1, 0.15) is 11.6 Å². The van der Waals surface area contributed by atoms with Crippen molar-refractivity contribution in [1.29, 1.82) is 0 Å². The van der Waals surface area contributed by atoms with Gasteiger partial charge in [-0.05, 0) is 37.4 Å². The van der Waals surface area contributed by atoms with Crippen LogP contribution in [0, 0.1) is 17.6 Å². The highest BCUT2D eigenvalue weighted by Gasteiger charge is 2.27. The van der Waals surface area contributed by atoms with Crippen LogP contribution in [0.15, 0.2) is 18.2 Å². The number of amides is 1. The van der Waals surface area contributed by atoms with Gasteiger partial charge in [-0.25, -0.2) is 8.78 Å². The Labute approximate surface area is 117 Å². The van der Waals surface area contributed by atoms with Crippen molar-refractivity contribution < 1.29 is 13.6 Å². The highest BCUT2D eigenvalue weighted by Crippen LogP contribution is 2.24. The minimum absolute atomic E-state index is 0. The van der Waals surface area contributed by atoms with Gasteiger partial charge < -0.3 is 11.1 Å². The third-order valence-corrected chi connectivity index (χ3v) is 3.40. The lowest BCUT2D eigenvalue weighted by Crippen LogP contribution is -2.39. The molecule has 106 valence electrons. The topological polar surface area (TPSA) is 55.1 Å². The first kappa shape index (κ1) is 15.9. The number of carbonyl (C=O) groups is 1. The molecule has 1 aromatic carbocycles. The summed E-state index contributed by atoms with van der Waals surface area (Å²) < 4.78 is 26.0. The predicted molar refractivity (Wildman–Crippen MR) is 71.3 cm³/mol. The summed E-state index contributed by atoms with van der Waals surface area (Å²) in [6.45, 7) is 0.516. The number of nitrogens with one attached hydrogen (secondary N) is 1. The fourth-order valence-corrected chi connectivity index (χ4v) is 2.45. The minimum Gasteiger partial charge on any atom is -0.349 e. The summed E-state index contributed by atoms with van der Waals surface area (Å²) in [4.78, 5) is 11.9. The van der Waals surface area contributed by atoms with E-state index in [-0.39, 0.29) is 29.9 Å². The number of hydrogen-bond donors (Lipinski definition) is 2. The van der Waals surface area contributed by atoms with E-state index in [2.05, 4.69) is 5.32 Å². The SMILES string of the molecule is Cl.NCC1CCCC1NC(=O)c1cc(F)cc(F)c1. The molecule has 0 bridgehead atoms. The highest BCUT2D eigenvalue weighted by atomic mass is 35.5. The summed E-state index contributed by atoms with van der Waals surface area (Å²) >= 11 is 0. The smallest absolute Gasteiger partial charge is 0.251 e. The van der Waals surface area contributed by atoms with E-state index >= 15 is 0 Å². The summed E-state index contributed by atoms with van der Waals surface area (Å²) in [5.41, 5.74) is 5.62. The van der Waals surface area contributed by atoms with Crippen molar-refractivity contribution in [2.45, 2.75) is 25.3 Å². The van der Waals surface area contributed by atoms with Gasteiger partial charge in [0.25, 0.3) is 5.91 Å². The molecule has 1 saturated carbocycles. The highest BCUT2D eigenvalue weighted by molar-refractivity contribution is 5.94. The molecule has 3 nitrogen and oxygen atoms in total. The van der Waals surface area contributed by atoms with Crippen molar-refractivity contribution in [2.75, 3.05) is 6.54 Å². The van der Waals surface area contributed by atoms with Crippen LogP contribution in [0.5, 0.6) is 0 Å². The van der Waals surface area contributed by atoms with Gasteiger partial charge in [0.05, 0.1) is 0 Å². The predicted octanol–water partition coefficient (Wildman–Crippen LogP) is 2.24. The molecule has 2 rings (SSSR count). The van der Waals surface area contributed by atoms with E-state index < -0.39 is 17.5 Å². The Morgan fingerprint density at radius 3 is 2.47 bits per heavy atom. The lowest BCUT2D eigenvalue weighted by molar-refractivity contribution is 0.0928. The molecule has 19 heavy (non-hydrogen) atoms. The molecule has 3 N–H and O–H groups in total. The lowest BCUT2D eigenvalue weighted by atomic mass is 10.0. The zero-order chi connectivity index (χ0) is 13.1. The van der Waals surface area contributed by atoms with Crippen molar-refractivity contribution in [3.05, 3.63) is 35.4 Å². The number of carbonyl (C=O) groups excluding carboxylic acids is 1. The molecule has 1 aromatic rings. The van der Waals surface area contributed by atoms with Crippen LogP contribution in [0.25, 0.3) is 0 Å².